The van der Waals surface area contributed by atoms with Gasteiger partial charge in [-0.3, -0.25) is 0 Å². The summed E-state index contributed by atoms with van der Waals surface area (Å²) in [5.74, 6) is 0. The highest BCUT2D eigenvalue weighted by Gasteiger charge is 2.09. The number of hydrogen-bond donors (Lipinski definition) is 1. The summed E-state index contributed by atoms with van der Waals surface area (Å²) in [6.07, 6.45) is 0.302. The third-order valence-electron chi connectivity index (χ3n) is 1.91. The molecule has 1 atom stereocenters. The minimum absolute atomic E-state index is 0.0706. The number of anilines is 1. The van der Waals surface area contributed by atoms with Gasteiger partial charge in [0.05, 0.1) is 12.2 Å². The van der Waals surface area contributed by atoms with Crippen molar-refractivity contribution in [2.24, 2.45) is 0 Å². The molecule has 2 N–H and O–H groups in total. The first kappa shape index (κ1) is 10.1. The zero-order valence-corrected chi connectivity index (χ0v) is 8.45. The fourth-order valence-corrected chi connectivity index (χ4v) is 1.36. The van der Waals surface area contributed by atoms with Crippen LogP contribution in [0, 0.1) is 0 Å². The summed E-state index contributed by atoms with van der Waals surface area (Å²) in [6.45, 7) is 6.07. The topological polar surface area (TPSA) is 35.2 Å². The second kappa shape index (κ2) is 4.28. The largest absolute Gasteiger partial charge is 0.398 e. The van der Waals surface area contributed by atoms with Gasteiger partial charge in [0.25, 0.3) is 0 Å². The molecular weight excluding hydrogens is 162 g/mol. The Bertz CT molecular complexity index is 271. The van der Waals surface area contributed by atoms with Gasteiger partial charge in [0.15, 0.2) is 0 Å². The maximum Gasteiger partial charge on any atom is 0.0820 e. The Balaban J connectivity index is 2.76. The first-order valence-corrected chi connectivity index (χ1v) is 4.61. The van der Waals surface area contributed by atoms with Crippen molar-refractivity contribution in [3.63, 3.8) is 0 Å². The molecular formula is C11H17NO. The molecule has 13 heavy (non-hydrogen) atoms. The Kier molecular flexibility index (Phi) is 3.32. The van der Waals surface area contributed by atoms with Crippen LogP contribution in [0.15, 0.2) is 24.3 Å². The van der Waals surface area contributed by atoms with Crippen molar-refractivity contribution in [3.05, 3.63) is 29.8 Å². The van der Waals surface area contributed by atoms with Crippen LogP contribution in [-0.4, -0.2) is 6.10 Å². The summed E-state index contributed by atoms with van der Waals surface area (Å²) in [6, 6.07) is 7.81. The molecule has 0 aromatic heterocycles. The predicted octanol–water partition coefficient (Wildman–Crippen LogP) is 2.75. The van der Waals surface area contributed by atoms with Crippen LogP contribution in [0.4, 0.5) is 5.69 Å². The molecule has 1 aromatic carbocycles. The lowest BCUT2D eigenvalue weighted by Gasteiger charge is -2.17. The third kappa shape index (κ3) is 2.74. The second-order valence-electron chi connectivity index (χ2n) is 3.46. The van der Waals surface area contributed by atoms with Crippen molar-refractivity contribution in [1.82, 2.24) is 0 Å². The van der Waals surface area contributed by atoms with E-state index in [1.807, 2.05) is 45.0 Å². The minimum Gasteiger partial charge on any atom is -0.398 e. The van der Waals surface area contributed by atoms with E-state index >= 15 is 0 Å². The Morgan fingerprint density at radius 1 is 1.15 bits per heavy atom. The molecule has 1 unspecified atom stereocenters. The van der Waals surface area contributed by atoms with E-state index in [1.54, 1.807) is 0 Å². The highest BCUT2D eigenvalue weighted by molar-refractivity contribution is 5.47. The lowest BCUT2D eigenvalue weighted by molar-refractivity contribution is 0.0183. The van der Waals surface area contributed by atoms with Gasteiger partial charge in [0.1, 0.15) is 0 Å². The zero-order valence-electron chi connectivity index (χ0n) is 8.45. The normalized spacial score (nSPS) is 13.2. The molecule has 1 aromatic rings. The Hall–Kier alpha value is -1.02. The van der Waals surface area contributed by atoms with Gasteiger partial charge in [0.2, 0.25) is 0 Å². The Labute approximate surface area is 79.7 Å². The molecule has 1 rings (SSSR count). The Morgan fingerprint density at radius 3 is 2.31 bits per heavy atom. The summed E-state index contributed by atoms with van der Waals surface area (Å²) in [4.78, 5) is 0. The van der Waals surface area contributed by atoms with Crippen LogP contribution in [0.5, 0.6) is 0 Å². The number of benzene rings is 1. The van der Waals surface area contributed by atoms with E-state index in [9.17, 15) is 0 Å². The number of para-hydroxylation sites is 1. The van der Waals surface area contributed by atoms with Gasteiger partial charge in [-0.25, -0.2) is 0 Å². The number of nitrogen functional groups attached to an aromatic ring is 1. The molecule has 0 fully saturated rings. The molecule has 0 spiro atoms. The van der Waals surface area contributed by atoms with E-state index < -0.39 is 0 Å². The number of nitrogens with two attached hydrogens (primary N) is 1. The number of hydrogen-bond acceptors (Lipinski definition) is 2. The molecule has 0 aliphatic heterocycles. The molecule has 0 aliphatic rings. The zero-order chi connectivity index (χ0) is 9.84. The van der Waals surface area contributed by atoms with Crippen molar-refractivity contribution < 1.29 is 4.74 Å². The van der Waals surface area contributed by atoms with Crippen molar-refractivity contribution in [3.8, 4) is 0 Å². The van der Waals surface area contributed by atoms with Gasteiger partial charge in [-0.05, 0) is 26.8 Å². The fraction of sp³-hybridized carbons (Fsp3) is 0.455. The maximum absolute atomic E-state index is 5.82. The quantitative estimate of drug-likeness (QED) is 0.724. The van der Waals surface area contributed by atoms with E-state index in [2.05, 4.69) is 0 Å². The summed E-state index contributed by atoms with van der Waals surface area (Å²) in [7, 11) is 0. The minimum atomic E-state index is 0.0706. The second-order valence-corrected chi connectivity index (χ2v) is 3.46. The molecule has 0 saturated heterocycles. The predicted molar refractivity (Wildman–Crippen MR) is 55.5 cm³/mol. The van der Waals surface area contributed by atoms with Gasteiger partial charge >= 0.3 is 0 Å². The van der Waals surface area contributed by atoms with Crippen LogP contribution in [0.3, 0.4) is 0 Å². The summed E-state index contributed by atoms with van der Waals surface area (Å²) < 4.78 is 5.64. The van der Waals surface area contributed by atoms with Gasteiger partial charge in [-0.2, -0.15) is 0 Å². The van der Waals surface area contributed by atoms with Crippen molar-refractivity contribution in [2.45, 2.75) is 33.0 Å². The molecule has 0 saturated carbocycles. The van der Waals surface area contributed by atoms with Gasteiger partial charge < -0.3 is 10.5 Å². The van der Waals surface area contributed by atoms with E-state index in [1.165, 1.54) is 0 Å². The maximum atomic E-state index is 5.82. The standard InChI is InChI=1S/C11H17NO/c1-8(2)13-9(3)10-6-4-5-7-11(10)12/h4-9H,12H2,1-3H3. The highest BCUT2D eigenvalue weighted by atomic mass is 16.5. The molecule has 2 nitrogen and oxygen atoms in total. The number of rotatable bonds is 3. The highest BCUT2D eigenvalue weighted by Crippen LogP contribution is 2.23. The molecule has 2 heteroatoms. The summed E-state index contributed by atoms with van der Waals surface area (Å²) >= 11 is 0. The lowest BCUT2D eigenvalue weighted by atomic mass is 10.1. The Morgan fingerprint density at radius 2 is 1.77 bits per heavy atom. The molecule has 0 bridgehead atoms. The summed E-state index contributed by atoms with van der Waals surface area (Å²) in [5, 5.41) is 0. The van der Waals surface area contributed by atoms with Crippen molar-refractivity contribution >= 4 is 5.69 Å². The van der Waals surface area contributed by atoms with Crippen LogP contribution in [-0.2, 0) is 4.74 Å². The van der Waals surface area contributed by atoms with E-state index in [0.717, 1.165) is 11.3 Å². The molecule has 72 valence electrons. The van der Waals surface area contributed by atoms with E-state index in [4.69, 9.17) is 10.5 Å². The fourth-order valence-electron chi connectivity index (χ4n) is 1.36. The van der Waals surface area contributed by atoms with Gasteiger partial charge in [0, 0.05) is 11.3 Å². The molecule has 0 radical (unpaired) electrons. The van der Waals surface area contributed by atoms with Gasteiger partial charge in [-0.15, -0.1) is 0 Å². The third-order valence-corrected chi connectivity index (χ3v) is 1.91. The number of ether oxygens (including phenoxy) is 1. The SMILES string of the molecule is CC(C)OC(C)c1ccccc1N. The first-order chi connectivity index (χ1) is 6.11. The lowest BCUT2D eigenvalue weighted by Crippen LogP contribution is -2.09. The molecule has 0 heterocycles. The van der Waals surface area contributed by atoms with E-state index in [-0.39, 0.29) is 12.2 Å². The monoisotopic (exact) mass is 179 g/mol. The van der Waals surface area contributed by atoms with Crippen LogP contribution in [0.1, 0.15) is 32.4 Å². The van der Waals surface area contributed by atoms with Crippen molar-refractivity contribution in [1.29, 1.82) is 0 Å². The molecule has 0 amide bonds. The van der Waals surface area contributed by atoms with Crippen LogP contribution in [0.2, 0.25) is 0 Å². The van der Waals surface area contributed by atoms with E-state index in [0.29, 0.717) is 0 Å². The molecule has 0 aliphatic carbocycles. The van der Waals surface area contributed by atoms with Crippen LogP contribution >= 0.6 is 0 Å². The smallest absolute Gasteiger partial charge is 0.0820 e. The first-order valence-electron chi connectivity index (χ1n) is 4.61. The summed E-state index contributed by atoms with van der Waals surface area (Å²) in [5.41, 5.74) is 7.68. The average molecular weight is 179 g/mol. The average Bonchev–Trinajstić information content (AvgIpc) is 2.03. The van der Waals surface area contributed by atoms with Gasteiger partial charge in [-0.1, -0.05) is 18.2 Å². The van der Waals surface area contributed by atoms with Crippen LogP contribution in [0.25, 0.3) is 0 Å². The van der Waals surface area contributed by atoms with Crippen LogP contribution < -0.4 is 5.73 Å². The van der Waals surface area contributed by atoms with Crippen molar-refractivity contribution in [2.75, 3.05) is 5.73 Å².